The molecular weight excluding hydrogens is 362 g/mol. The lowest BCUT2D eigenvalue weighted by Crippen LogP contribution is -2.14. The first-order chi connectivity index (χ1) is 12.1. The predicted octanol–water partition coefficient (Wildman–Crippen LogP) is 4.31. The molecule has 25 heavy (non-hydrogen) atoms. The van der Waals surface area contributed by atoms with E-state index in [-0.39, 0.29) is 11.7 Å². The predicted molar refractivity (Wildman–Crippen MR) is 97.7 cm³/mol. The number of fused-ring (bicyclic) bond motifs is 1. The summed E-state index contributed by atoms with van der Waals surface area (Å²) in [6.45, 7) is 0. The Morgan fingerprint density at radius 2 is 2.24 bits per heavy atom. The fourth-order valence-electron chi connectivity index (χ4n) is 2.25. The topological polar surface area (TPSA) is 88.2 Å². The lowest BCUT2D eigenvalue weighted by atomic mass is 10.2. The molecule has 0 fully saturated rings. The number of carbonyl (C=O) groups excluding carboxylic acids is 1. The summed E-state index contributed by atoms with van der Waals surface area (Å²) in [5.74, 6) is 0.636. The van der Waals surface area contributed by atoms with Gasteiger partial charge < -0.3 is 14.5 Å². The minimum atomic E-state index is -0.300. The Balaban J connectivity index is 1.94. The second-order valence-corrected chi connectivity index (χ2v) is 6.17. The molecule has 126 valence electrons. The highest BCUT2D eigenvalue weighted by molar-refractivity contribution is 8.04. The first-order valence-corrected chi connectivity index (χ1v) is 8.52. The van der Waals surface area contributed by atoms with E-state index in [2.05, 4.69) is 10.3 Å². The Hall–Kier alpha value is -2.69. The van der Waals surface area contributed by atoms with Crippen LogP contribution in [0.25, 0.3) is 22.6 Å². The molecule has 2 aromatic carbocycles. The minimum Gasteiger partial charge on any atom is -0.495 e. The number of rotatable bonds is 5. The van der Waals surface area contributed by atoms with E-state index in [0.29, 0.717) is 39.0 Å². The number of nitriles is 1. The molecule has 0 radical (unpaired) electrons. The molecule has 3 aromatic rings. The molecule has 0 spiro atoms. The number of benzene rings is 2. The van der Waals surface area contributed by atoms with E-state index in [1.807, 2.05) is 5.40 Å². The summed E-state index contributed by atoms with van der Waals surface area (Å²) in [6.07, 6.45) is 0. The van der Waals surface area contributed by atoms with Gasteiger partial charge in [0.1, 0.15) is 16.7 Å². The van der Waals surface area contributed by atoms with Gasteiger partial charge in [0, 0.05) is 10.6 Å². The molecule has 1 amide bonds. The van der Waals surface area contributed by atoms with Crippen molar-refractivity contribution in [2.24, 2.45) is 0 Å². The molecule has 1 N–H and O–H groups in total. The molecule has 6 nitrogen and oxygen atoms in total. The summed E-state index contributed by atoms with van der Waals surface area (Å²) in [4.78, 5) is 16.3. The first kappa shape index (κ1) is 17.1. The van der Waals surface area contributed by atoms with Crippen LogP contribution in [0, 0.1) is 10.7 Å². The summed E-state index contributed by atoms with van der Waals surface area (Å²) in [5.41, 5.74) is 2.42. The number of methoxy groups -OCH3 is 1. The highest BCUT2D eigenvalue weighted by Crippen LogP contribution is 2.32. The van der Waals surface area contributed by atoms with Crippen LogP contribution in [0.5, 0.6) is 5.75 Å². The van der Waals surface area contributed by atoms with Crippen molar-refractivity contribution in [3.05, 3.63) is 41.4 Å². The van der Waals surface area contributed by atoms with E-state index in [4.69, 9.17) is 26.0 Å². The zero-order valence-electron chi connectivity index (χ0n) is 13.1. The van der Waals surface area contributed by atoms with Gasteiger partial charge in [0.25, 0.3) is 0 Å². The third kappa shape index (κ3) is 3.87. The molecule has 1 heterocycles. The molecule has 0 atom stereocenters. The summed E-state index contributed by atoms with van der Waals surface area (Å²) in [7, 11) is 1.51. The van der Waals surface area contributed by atoms with Crippen LogP contribution >= 0.6 is 23.4 Å². The zero-order valence-corrected chi connectivity index (χ0v) is 14.6. The number of thiocyanates is 1. The van der Waals surface area contributed by atoms with Gasteiger partial charge in [0.15, 0.2) is 5.58 Å². The number of halogens is 1. The summed E-state index contributed by atoms with van der Waals surface area (Å²) in [5, 5.41) is 13.7. The van der Waals surface area contributed by atoms with Gasteiger partial charge in [-0.05, 0) is 48.2 Å². The van der Waals surface area contributed by atoms with Gasteiger partial charge in [-0.2, -0.15) is 5.26 Å². The number of oxazole rings is 1. The quantitative estimate of drug-likeness (QED) is 0.670. The van der Waals surface area contributed by atoms with Crippen LogP contribution in [-0.4, -0.2) is 23.8 Å². The van der Waals surface area contributed by atoms with E-state index in [9.17, 15) is 4.79 Å². The summed E-state index contributed by atoms with van der Waals surface area (Å²) >= 11 is 6.83. The maximum Gasteiger partial charge on any atom is 0.235 e. The number of nitrogens with zero attached hydrogens (tertiary/aromatic N) is 2. The van der Waals surface area contributed by atoms with Crippen LogP contribution in [0.15, 0.2) is 40.8 Å². The number of nitrogens with one attached hydrogen (secondary N) is 1. The largest absolute Gasteiger partial charge is 0.495 e. The average molecular weight is 374 g/mol. The Morgan fingerprint density at radius 3 is 3.00 bits per heavy atom. The molecule has 0 saturated carbocycles. The van der Waals surface area contributed by atoms with Crippen molar-refractivity contribution >= 4 is 46.1 Å². The second kappa shape index (κ2) is 7.47. The van der Waals surface area contributed by atoms with Crippen molar-refractivity contribution in [1.82, 2.24) is 4.98 Å². The number of hydrogen-bond donors (Lipinski definition) is 1. The molecule has 3 rings (SSSR count). The van der Waals surface area contributed by atoms with Crippen molar-refractivity contribution in [2.75, 3.05) is 18.2 Å². The number of thioether (sulfide) groups is 1. The Morgan fingerprint density at radius 1 is 1.40 bits per heavy atom. The van der Waals surface area contributed by atoms with Gasteiger partial charge in [-0.1, -0.05) is 11.6 Å². The zero-order chi connectivity index (χ0) is 17.8. The molecular formula is C17H12ClN3O3S. The number of amides is 1. The number of hydrogen-bond acceptors (Lipinski definition) is 6. The van der Waals surface area contributed by atoms with Crippen molar-refractivity contribution < 1.29 is 13.9 Å². The summed E-state index contributed by atoms with van der Waals surface area (Å²) < 4.78 is 11.0. The van der Waals surface area contributed by atoms with Crippen molar-refractivity contribution in [3.63, 3.8) is 0 Å². The third-order valence-corrected chi connectivity index (χ3v) is 4.11. The van der Waals surface area contributed by atoms with Gasteiger partial charge in [0.2, 0.25) is 11.8 Å². The molecule has 0 bridgehead atoms. The Labute approximate surface area is 152 Å². The standard InChI is InChI=1S/C17H12ClN3O3S/c1-23-14-4-2-10(6-12(14)20-16(22)8-25-9-19)17-21-13-7-11(18)3-5-15(13)24-17/h2-7H,8H2,1H3,(H,20,22). The number of anilines is 1. The maximum absolute atomic E-state index is 11.9. The minimum absolute atomic E-state index is 0.0330. The van der Waals surface area contributed by atoms with Crippen LogP contribution < -0.4 is 10.1 Å². The van der Waals surface area contributed by atoms with E-state index >= 15 is 0 Å². The van der Waals surface area contributed by atoms with E-state index in [0.717, 1.165) is 11.8 Å². The number of carbonyl (C=O) groups is 1. The SMILES string of the molecule is COc1ccc(-c2nc3cc(Cl)ccc3o2)cc1NC(=O)CSC#N. The number of ether oxygens (including phenoxy) is 1. The molecule has 1 aromatic heterocycles. The maximum atomic E-state index is 11.9. The van der Waals surface area contributed by atoms with Crippen LogP contribution in [-0.2, 0) is 4.79 Å². The van der Waals surface area contributed by atoms with Crippen molar-refractivity contribution in [3.8, 4) is 22.6 Å². The Bertz CT molecular complexity index is 981. The average Bonchev–Trinajstić information content (AvgIpc) is 3.03. The smallest absolute Gasteiger partial charge is 0.235 e. The molecule has 0 aliphatic heterocycles. The van der Waals surface area contributed by atoms with Crippen LogP contribution in [0.2, 0.25) is 5.02 Å². The van der Waals surface area contributed by atoms with Gasteiger partial charge >= 0.3 is 0 Å². The van der Waals surface area contributed by atoms with E-state index in [1.54, 1.807) is 36.4 Å². The second-order valence-electron chi connectivity index (χ2n) is 4.97. The van der Waals surface area contributed by atoms with E-state index in [1.165, 1.54) is 7.11 Å². The highest BCUT2D eigenvalue weighted by atomic mass is 35.5. The molecule has 0 saturated heterocycles. The van der Waals surface area contributed by atoms with Crippen molar-refractivity contribution in [2.45, 2.75) is 0 Å². The highest BCUT2D eigenvalue weighted by Gasteiger charge is 2.13. The monoisotopic (exact) mass is 373 g/mol. The molecule has 8 heteroatoms. The normalized spacial score (nSPS) is 10.4. The van der Waals surface area contributed by atoms with Crippen molar-refractivity contribution in [1.29, 1.82) is 5.26 Å². The molecule has 0 aliphatic rings. The number of aromatic nitrogens is 1. The van der Waals surface area contributed by atoms with Gasteiger partial charge in [0.05, 0.1) is 18.6 Å². The van der Waals surface area contributed by atoms with Crippen LogP contribution in [0.4, 0.5) is 5.69 Å². The lowest BCUT2D eigenvalue weighted by Gasteiger charge is -2.10. The van der Waals surface area contributed by atoms with Gasteiger partial charge in [-0.15, -0.1) is 0 Å². The van der Waals surface area contributed by atoms with Gasteiger partial charge in [-0.25, -0.2) is 4.98 Å². The third-order valence-electron chi connectivity index (χ3n) is 3.34. The lowest BCUT2D eigenvalue weighted by molar-refractivity contribution is -0.113. The Kier molecular flexibility index (Phi) is 5.12. The van der Waals surface area contributed by atoms with Gasteiger partial charge in [-0.3, -0.25) is 4.79 Å². The van der Waals surface area contributed by atoms with Crippen LogP contribution in [0.1, 0.15) is 0 Å². The first-order valence-electron chi connectivity index (χ1n) is 7.16. The molecule has 0 unspecified atom stereocenters. The van der Waals surface area contributed by atoms with E-state index < -0.39 is 0 Å². The summed E-state index contributed by atoms with van der Waals surface area (Å²) in [6, 6.07) is 10.4. The van der Waals surface area contributed by atoms with Crippen LogP contribution in [0.3, 0.4) is 0 Å². The fraction of sp³-hybridized carbons (Fsp3) is 0.118. The molecule has 0 aliphatic carbocycles. The fourth-order valence-corrected chi connectivity index (χ4v) is 2.68.